The van der Waals surface area contributed by atoms with E-state index in [2.05, 4.69) is 21.6 Å². The second kappa shape index (κ2) is 6.38. The Balaban J connectivity index is 2.17. The molecule has 1 aromatic carbocycles. The van der Waals surface area contributed by atoms with Gasteiger partial charge in [-0.15, -0.1) is 5.10 Å². The van der Waals surface area contributed by atoms with Crippen molar-refractivity contribution >= 4 is 5.82 Å². The number of ether oxygens (including phenoxy) is 2. The van der Waals surface area contributed by atoms with Crippen molar-refractivity contribution in [3.63, 3.8) is 0 Å². The minimum Gasteiger partial charge on any atom is -0.497 e. The Hall–Kier alpha value is -2.81. The summed E-state index contributed by atoms with van der Waals surface area (Å²) in [4.78, 5) is 0. The first-order valence-electron chi connectivity index (χ1n) is 5.95. The lowest BCUT2D eigenvalue weighted by Crippen LogP contribution is -2.05. The zero-order valence-electron chi connectivity index (χ0n) is 11.3. The molecule has 1 N–H and O–H groups in total. The highest BCUT2D eigenvalue weighted by molar-refractivity contribution is 5.51. The van der Waals surface area contributed by atoms with E-state index in [1.54, 1.807) is 26.4 Å². The molecule has 0 aliphatic rings. The van der Waals surface area contributed by atoms with Crippen LogP contribution in [0.3, 0.4) is 0 Å². The summed E-state index contributed by atoms with van der Waals surface area (Å²) >= 11 is 0. The first kappa shape index (κ1) is 13.6. The summed E-state index contributed by atoms with van der Waals surface area (Å²) in [6.07, 6.45) is 1.48. The van der Waals surface area contributed by atoms with Gasteiger partial charge >= 0.3 is 0 Å². The van der Waals surface area contributed by atoms with Gasteiger partial charge in [0.1, 0.15) is 17.6 Å². The number of nitriles is 1. The summed E-state index contributed by atoms with van der Waals surface area (Å²) in [6, 6.07) is 9.22. The summed E-state index contributed by atoms with van der Waals surface area (Å²) in [5, 5.41) is 19.7. The molecule has 0 atom stereocenters. The van der Waals surface area contributed by atoms with E-state index in [-0.39, 0.29) is 0 Å². The van der Waals surface area contributed by atoms with Crippen LogP contribution < -0.4 is 14.8 Å². The van der Waals surface area contributed by atoms with Crippen LogP contribution in [-0.2, 0) is 6.54 Å². The maximum absolute atomic E-state index is 8.99. The molecule has 0 fully saturated rings. The zero-order chi connectivity index (χ0) is 14.4. The van der Waals surface area contributed by atoms with Crippen molar-refractivity contribution < 1.29 is 9.47 Å². The van der Waals surface area contributed by atoms with Crippen LogP contribution >= 0.6 is 0 Å². The van der Waals surface area contributed by atoms with E-state index in [4.69, 9.17) is 14.7 Å². The Morgan fingerprint density at radius 3 is 2.80 bits per heavy atom. The van der Waals surface area contributed by atoms with Crippen molar-refractivity contribution in [1.29, 1.82) is 5.26 Å². The van der Waals surface area contributed by atoms with Crippen molar-refractivity contribution in [2.45, 2.75) is 6.54 Å². The molecule has 0 unspecified atom stereocenters. The fourth-order valence-electron chi connectivity index (χ4n) is 1.73. The second-order valence-corrected chi connectivity index (χ2v) is 3.94. The normalized spacial score (nSPS) is 9.65. The number of aromatic nitrogens is 2. The Labute approximate surface area is 117 Å². The zero-order valence-corrected chi connectivity index (χ0v) is 11.3. The second-order valence-electron chi connectivity index (χ2n) is 3.94. The summed E-state index contributed by atoms with van der Waals surface area (Å²) in [5.41, 5.74) is 1.38. The minimum atomic E-state index is 0.451. The fraction of sp³-hybridized carbons (Fsp3) is 0.214. The first-order chi connectivity index (χ1) is 9.78. The lowest BCUT2D eigenvalue weighted by Gasteiger charge is -2.11. The van der Waals surface area contributed by atoms with Gasteiger partial charge in [0.25, 0.3) is 0 Å². The number of hydrogen-bond acceptors (Lipinski definition) is 6. The van der Waals surface area contributed by atoms with Gasteiger partial charge in [-0.05, 0) is 18.2 Å². The molecule has 0 aliphatic heterocycles. The highest BCUT2D eigenvalue weighted by Gasteiger charge is 2.07. The molecular formula is C14H14N4O2. The molecule has 2 rings (SSSR count). The van der Waals surface area contributed by atoms with Crippen LogP contribution in [0.4, 0.5) is 5.82 Å². The van der Waals surface area contributed by atoms with Crippen LogP contribution in [-0.4, -0.2) is 24.4 Å². The number of methoxy groups -OCH3 is 2. The fourth-order valence-corrected chi connectivity index (χ4v) is 1.73. The maximum atomic E-state index is 8.99. The van der Waals surface area contributed by atoms with E-state index in [1.165, 1.54) is 6.20 Å². The molecule has 0 saturated carbocycles. The third-order valence-corrected chi connectivity index (χ3v) is 2.78. The molecule has 2 aromatic rings. The minimum absolute atomic E-state index is 0.451. The topological polar surface area (TPSA) is 80.1 Å². The van der Waals surface area contributed by atoms with Crippen LogP contribution in [0, 0.1) is 11.3 Å². The van der Waals surface area contributed by atoms with Gasteiger partial charge in [0.15, 0.2) is 5.82 Å². The van der Waals surface area contributed by atoms with E-state index in [1.807, 2.05) is 12.1 Å². The molecule has 0 radical (unpaired) electrons. The predicted molar refractivity (Wildman–Crippen MR) is 73.6 cm³/mol. The van der Waals surface area contributed by atoms with Gasteiger partial charge in [0, 0.05) is 18.2 Å². The van der Waals surface area contributed by atoms with E-state index in [0.717, 1.165) is 11.3 Å². The maximum Gasteiger partial charge on any atom is 0.166 e. The molecule has 0 aliphatic carbocycles. The van der Waals surface area contributed by atoms with E-state index in [0.29, 0.717) is 23.7 Å². The van der Waals surface area contributed by atoms with Crippen molar-refractivity contribution in [3.05, 3.63) is 41.6 Å². The molecule has 6 heteroatoms. The molecular weight excluding hydrogens is 256 g/mol. The number of benzene rings is 1. The van der Waals surface area contributed by atoms with Gasteiger partial charge in [0.2, 0.25) is 0 Å². The summed E-state index contributed by atoms with van der Waals surface area (Å²) < 4.78 is 10.5. The Morgan fingerprint density at radius 2 is 2.10 bits per heavy atom. The number of hydrogen-bond donors (Lipinski definition) is 1. The van der Waals surface area contributed by atoms with Gasteiger partial charge in [-0.25, -0.2) is 0 Å². The van der Waals surface area contributed by atoms with Crippen molar-refractivity contribution in [3.8, 4) is 17.6 Å². The smallest absolute Gasteiger partial charge is 0.166 e. The Morgan fingerprint density at radius 1 is 1.25 bits per heavy atom. The van der Waals surface area contributed by atoms with Gasteiger partial charge < -0.3 is 14.8 Å². The Bertz CT molecular complexity index is 637. The van der Waals surface area contributed by atoms with E-state index < -0.39 is 0 Å². The first-order valence-corrected chi connectivity index (χ1v) is 5.95. The highest BCUT2D eigenvalue weighted by atomic mass is 16.5. The van der Waals surface area contributed by atoms with Crippen LogP contribution in [0.2, 0.25) is 0 Å². The van der Waals surface area contributed by atoms with E-state index >= 15 is 0 Å². The largest absolute Gasteiger partial charge is 0.497 e. The molecule has 20 heavy (non-hydrogen) atoms. The molecule has 6 nitrogen and oxygen atoms in total. The molecule has 1 heterocycles. The Kier molecular flexibility index (Phi) is 4.35. The molecule has 0 bridgehead atoms. The predicted octanol–water partition coefficient (Wildman–Crippen LogP) is 1.98. The average Bonchev–Trinajstić information content (AvgIpc) is 2.52. The average molecular weight is 270 g/mol. The lowest BCUT2D eigenvalue weighted by atomic mass is 10.2. The van der Waals surface area contributed by atoms with Crippen LogP contribution in [0.15, 0.2) is 30.5 Å². The third kappa shape index (κ3) is 2.95. The van der Waals surface area contributed by atoms with Crippen molar-refractivity contribution in [2.75, 3.05) is 19.5 Å². The van der Waals surface area contributed by atoms with E-state index in [9.17, 15) is 0 Å². The van der Waals surface area contributed by atoms with Gasteiger partial charge in [0.05, 0.1) is 26.0 Å². The SMILES string of the molecule is COc1ccc(CNc2nnccc2C#N)c(OC)c1. The van der Waals surface area contributed by atoms with Gasteiger partial charge in [-0.3, -0.25) is 0 Å². The van der Waals surface area contributed by atoms with Crippen LogP contribution in [0.5, 0.6) is 11.5 Å². The monoisotopic (exact) mass is 270 g/mol. The van der Waals surface area contributed by atoms with Crippen molar-refractivity contribution in [1.82, 2.24) is 10.2 Å². The quantitative estimate of drug-likeness (QED) is 0.894. The van der Waals surface area contributed by atoms with Crippen LogP contribution in [0.25, 0.3) is 0 Å². The standard InChI is InChI=1S/C14H14N4O2/c1-19-12-4-3-11(13(7-12)20-2)9-16-14-10(8-15)5-6-17-18-14/h3-7H,9H2,1-2H3,(H,16,18). The van der Waals surface area contributed by atoms with Crippen LogP contribution in [0.1, 0.15) is 11.1 Å². The number of nitrogens with one attached hydrogen (secondary N) is 1. The summed E-state index contributed by atoms with van der Waals surface area (Å²) in [5.74, 6) is 1.88. The molecule has 0 saturated heterocycles. The number of rotatable bonds is 5. The molecule has 102 valence electrons. The van der Waals surface area contributed by atoms with Gasteiger partial charge in [-0.2, -0.15) is 10.4 Å². The summed E-state index contributed by atoms with van der Waals surface area (Å²) in [6.45, 7) is 0.473. The number of nitrogens with zero attached hydrogens (tertiary/aromatic N) is 3. The number of anilines is 1. The summed E-state index contributed by atoms with van der Waals surface area (Å²) in [7, 11) is 3.20. The van der Waals surface area contributed by atoms with Gasteiger partial charge in [-0.1, -0.05) is 0 Å². The van der Waals surface area contributed by atoms with Crippen molar-refractivity contribution in [2.24, 2.45) is 0 Å². The molecule has 0 amide bonds. The molecule has 0 spiro atoms. The molecule has 1 aromatic heterocycles. The lowest BCUT2D eigenvalue weighted by molar-refractivity contribution is 0.391. The highest BCUT2D eigenvalue weighted by Crippen LogP contribution is 2.25. The third-order valence-electron chi connectivity index (χ3n) is 2.78.